The lowest BCUT2D eigenvalue weighted by Crippen LogP contribution is -2.30. The minimum absolute atomic E-state index is 0.103. The van der Waals surface area contributed by atoms with Gasteiger partial charge in [-0.2, -0.15) is 0 Å². The zero-order chi connectivity index (χ0) is 62.2. The number of hydrogen-bond donors (Lipinski definition) is 3. The van der Waals surface area contributed by atoms with E-state index in [1.54, 1.807) is 0 Å². The summed E-state index contributed by atoms with van der Waals surface area (Å²) in [5, 5.41) is 10.5. The molecule has 0 spiro atoms. The fourth-order valence-corrected chi connectivity index (χ4v) is 11.3. The third kappa shape index (κ3) is 59.0. The maximum absolute atomic E-state index is 13.0. The van der Waals surface area contributed by atoms with E-state index < -0.39 is 97.5 Å². The van der Waals surface area contributed by atoms with Gasteiger partial charge in [0.1, 0.15) is 19.3 Å². The number of carbonyl (C=O) groups is 4. The van der Waals surface area contributed by atoms with E-state index >= 15 is 0 Å². The van der Waals surface area contributed by atoms with Crippen molar-refractivity contribution in [3.63, 3.8) is 0 Å². The molecular formula is C65H126O17P2. The molecule has 0 aliphatic carbocycles. The van der Waals surface area contributed by atoms with Crippen LogP contribution < -0.4 is 0 Å². The largest absolute Gasteiger partial charge is 0.472 e. The second kappa shape index (κ2) is 57.5. The molecule has 19 heteroatoms. The third-order valence-corrected chi connectivity index (χ3v) is 16.9. The highest BCUT2D eigenvalue weighted by Crippen LogP contribution is 2.45. The highest BCUT2D eigenvalue weighted by molar-refractivity contribution is 7.47. The second-order valence-corrected chi connectivity index (χ2v) is 27.4. The van der Waals surface area contributed by atoms with E-state index in [1.807, 2.05) is 0 Å². The Morgan fingerprint density at radius 2 is 0.548 bits per heavy atom. The van der Waals surface area contributed by atoms with E-state index in [2.05, 4.69) is 41.5 Å². The smallest absolute Gasteiger partial charge is 0.462 e. The molecule has 0 bridgehead atoms. The summed E-state index contributed by atoms with van der Waals surface area (Å²) in [5.41, 5.74) is 0. The molecule has 0 saturated carbocycles. The van der Waals surface area contributed by atoms with Crippen LogP contribution in [0.2, 0.25) is 0 Å². The molecule has 0 aromatic carbocycles. The minimum atomic E-state index is -4.94. The molecule has 84 heavy (non-hydrogen) atoms. The molecule has 0 aromatic rings. The van der Waals surface area contributed by atoms with E-state index in [9.17, 15) is 43.2 Å². The van der Waals surface area contributed by atoms with Crippen LogP contribution in [0, 0.1) is 11.8 Å². The van der Waals surface area contributed by atoms with Gasteiger partial charge in [-0.05, 0) is 37.5 Å². The lowest BCUT2D eigenvalue weighted by atomic mass is 10.0. The van der Waals surface area contributed by atoms with Crippen LogP contribution >= 0.6 is 15.6 Å². The maximum Gasteiger partial charge on any atom is 0.472 e. The molecule has 2 unspecified atom stereocenters. The molecule has 0 aromatic heterocycles. The van der Waals surface area contributed by atoms with E-state index in [4.69, 9.17) is 37.0 Å². The molecule has 0 heterocycles. The van der Waals surface area contributed by atoms with Crippen molar-refractivity contribution >= 4 is 39.5 Å². The van der Waals surface area contributed by atoms with Crippen LogP contribution in [0.1, 0.15) is 324 Å². The molecule has 0 saturated heterocycles. The van der Waals surface area contributed by atoms with Crippen molar-refractivity contribution in [1.82, 2.24) is 0 Å². The molecule has 0 rings (SSSR count). The zero-order valence-corrected chi connectivity index (χ0v) is 56.0. The van der Waals surface area contributed by atoms with E-state index in [-0.39, 0.29) is 25.7 Å². The number of ether oxygens (including phenoxy) is 4. The summed E-state index contributed by atoms with van der Waals surface area (Å²) in [5.74, 6) is -0.736. The van der Waals surface area contributed by atoms with Crippen molar-refractivity contribution in [2.24, 2.45) is 11.8 Å². The second-order valence-electron chi connectivity index (χ2n) is 24.5. The summed E-state index contributed by atoms with van der Waals surface area (Å²) < 4.78 is 68.0. The quantitative estimate of drug-likeness (QED) is 0.0222. The monoisotopic (exact) mass is 1240 g/mol. The van der Waals surface area contributed by atoms with Gasteiger partial charge in [-0.15, -0.1) is 0 Å². The van der Waals surface area contributed by atoms with Gasteiger partial charge in [-0.25, -0.2) is 9.13 Å². The molecule has 0 amide bonds. The Kier molecular flexibility index (Phi) is 56.2. The minimum Gasteiger partial charge on any atom is -0.462 e. The molecule has 0 fully saturated rings. The van der Waals surface area contributed by atoms with Crippen LogP contribution in [0.25, 0.3) is 0 Å². The Labute approximate surface area is 511 Å². The van der Waals surface area contributed by atoms with Gasteiger partial charge in [0.15, 0.2) is 12.2 Å². The Bertz CT molecular complexity index is 1650. The number of esters is 4. The Hall–Kier alpha value is -1.94. The average Bonchev–Trinajstić information content (AvgIpc) is 3.49. The zero-order valence-electron chi connectivity index (χ0n) is 54.2. The van der Waals surface area contributed by atoms with Crippen LogP contribution in [0.3, 0.4) is 0 Å². The summed E-state index contributed by atoms with van der Waals surface area (Å²) in [6, 6.07) is 0. The van der Waals surface area contributed by atoms with Crippen molar-refractivity contribution in [3.8, 4) is 0 Å². The Morgan fingerprint density at radius 1 is 0.321 bits per heavy atom. The molecule has 5 atom stereocenters. The number of aliphatic hydroxyl groups excluding tert-OH is 1. The number of carbonyl (C=O) groups excluding carboxylic acids is 4. The first-order valence-electron chi connectivity index (χ1n) is 34.0. The highest BCUT2D eigenvalue weighted by Gasteiger charge is 2.30. The van der Waals surface area contributed by atoms with Gasteiger partial charge in [-0.1, -0.05) is 273 Å². The van der Waals surface area contributed by atoms with E-state index in [1.165, 1.54) is 135 Å². The maximum atomic E-state index is 13.0. The molecular weight excluding hydrogens is 1110 g/mol. The van der Waals surface area contributed by atoms with Gasteiger partial charge in [0.25, 0.3) is 0 Å². The highest BCUT2D eigenvalue weighted by atomic mass is 31.2. The summed E-state index contributed by atoms with van der Waals surface area (Å²) in [4.78, 5) is 72.2. The molecule has 3 N–H and O–H groups in total. The Balaban J connectivity index is 5.24. The number of phosphoric ester groups is 2. The number of phosphoric acid groups is 2. The first-order chi connectivity index (χ1) is 40.4. The van der Waals surface area contributed by atoms with Gasteiger partial charge < -0.3 is 33.8 Å². The number of unbranched alkanes of at least 4 members (excludes halogenated alkanes) is 34. The molecule has 0 radical (unpaired) electrons. The first-order valence-corrected chi connectivity index (χ1v) is 37.0. The van der Waals surface area contributed by atoms with Gasteiger partial charge in [0, 0.05) is 25.7 Å². The third-order valence-electron chi connectivity index (χ3n) is 15.0. The molecule has 0 aliphatic heterocycles. The lowest BCUT2D eigenvalue weighted by Gasteiger charge is -2.21. The van der Waals surface area contributed by atoms with Crippen molar-refractivity contribution in [2.75, 3.05) is 39.6 Å². The van der Waals surface area contributed by atoms with Crippen molar-refractivity contribution in [3.05, 3.63) is 0 Å². The average molecular weight is 1240 g/mol. The van der Waals surface area contributed by atoms with Crippen LogP contribution in [0.4, 0.5) is 0 Å². The van der Waals surface area contributed by atoms with Crippen molar-refractivity contribution < 1.29 is 80.2 Å². The molecule has 498 valence electrons. The summed E-state index contributed by atoms with van der Waals surface area (Å²) >= 11 is 0. The normalized spacial score (nSPS) is 14.3. The predicted octanol–water partition coefficient (Wildman–Crippen LogP) is 18.0. The predicted molar refractivity (Wildman–Crippen MR) is 335 cm³/mol. The van der Waals surface area contributed by atoms with Crippen LogP contribution in [0.15, 0.2) is 0 Å². The lowest BCUT2D eigenvalue weighted by molar-refractivity contribution is -0.161. The Morgan fingerprint density at radius 3 is 0.810 bits per heavy atom. The number of rotatable bonds is 64. The number of hydrogen-bond acceptors (Lipinski definition) is 15. The standard InChI is InChI=1S/C65H126O17P2/c1-7-9-11-13-15-17-19-21-23-28-35-41-47-62(67)75-53-60(81-64(69)49-43-37-29-24-22-20-18-16-14-12-10-8-2)55-79-83(71,72)77-51-59(66)52-78-84(73,74)80-56-61(54-76-63(68)48-42-36-32-31-34-40-46-58(5)6)82-65(70)50-44-38-30-26-25-27-33-39-45-57(3)4/h57-61,66H,7-56H2,1-6H3,(H,71,72)(H,73,74)/t59-,60-,61-/m1/s1. The summed E-state index contributed by atoms with van der Waals surface area (Å²) in [6.45, 7) is 9.38. The van der Waals surface area contributed by atoms with Gasteiger partial charge in [-0.3, -0.25) is 37.3 Å². The fraction of sp³-hybridized carbons (Fsp3) is 0.938. The SMILES string of the molecule is CCCCCCCCCCCCCCC(=O)OC[C@H](COP(=O)(O)OC[C@@H](O)COP(=O)(O)OC[C@@H](COC(=O)CCCCCCCCC(C)C)OC(=O)CCCCCCCCCCC(C)C)OC(=O)CCCCCCCCCCCCCC. The van der Waals surface area contributed by atoms with Crippen LogP contribution in [-0.4, -0.2) is 96.7 Å². The van der Waals surface area contributed by atoms with Gasteiger partial charge in [0.2, 0.25) is 0 Å². The summed E-state index contributed by atoms with van der Waals surface area (Å²) in [7, 11) is -9.89. The van der Waals surface area contributed by atoms with E-state index in [0.717, 1.165) is 102 Å². The van der Waals surface area contributed by atoms with E-state index in [0.29, 0.717) is 31.6 Å². The molecule has 17 nitrogen and oxygen atoms in total. The van der Waals surface area contributed by atoms with Gasteiger partial charge >= 0.3 is 39.5 Å². The van der Waals surface area contributed by atoms with Crippen LogP contribution in [-0.2, 0) is 65.4 Å². The first kappa shape index (κ1) is 82.1. The summed E-state index contributed by atoms with van der Waals surface area (Å²) in [6.07, 6.45) is 40.4. The van der Waals surface area contributed by atoms with Gasteiger partial charge in [0.05, 0.1) is 26.4 Å². The number of aliphatic hydroxyl groups is 1. The van der Waals surface area contributed by atoms with Crippen molar-refractivity contribution in [1.29, 1.82) is 0 Å². The molecule has 0 aliphatic rings. The topological polar surface area (TPSA) is 237 Å². The van der Waals surface area contributed by atoms with Crippen molar-refractivity contribution in [2.45, 2.75) is 342 Å². The fourth-order valence-electron chi connectivity index (χ4n) is 9.71. The van der Waals surface area contributed by atoms with Crippen LogP contribution in [0.5, 0.6) is 0 Å².